The van der Waals surface area contributed by atoms with Crippen molar-refractivity contribution in [1.29, 1.82) is 0 Å². The Balaban J connectivity index is 1.27. The fraction of sp³-hybridized carbons (Fsp3) is 0.125. The van der Waals surface area contributed by atoms with Crippen molar-refractivity contribution >= 4 is 5.97 Å². The van der Waals surface area contributed by atoms with Gasteiger partial charge in [-0.15, -0.1) is 0 Å². The van der Waals surface area contributed by atoms with E-state index in [0.29, 0.717) is 19.6 Å². The molecule has 5 aromatic rings. The lowest BCUT2D eigenvalue weighted by Gasteiger charge is -2.10. The fourth-order valence-corrected chi connectivity index (χ4v) is 4.21. The van der Waals surface area contributed by atoms with Crippen LogP contribution < -0.4 is 4.74 Å². The van der Waals surface area contributed by atoms with Gasteiger partial charge in [-0.25, -0.2) is 0 Å². The summed E-state index contributed by atoms with van der Waals surface area (Å²) in [5, 5.41) is 13.8. The van der Waals surface area contributed by atoms with E-state index in [1.165, 1.54) is 0 Å². The summed E-state index contributed by atoms with van der Waals surface area (Å²) in [6, 6.07) is 38.8. The Labute approximate surface area is 216 Å². The van der Waals surface area contributed by atoms with Crippen molar-refractivity contribution in [2.45, 2.75) is 26.0 Å². The average molecular weight is 489 g/mol. The highest BCUT2D eigenvalue weighted by atomic mass is 16.5. The van der Waals surface area contributed by atoms with E-state index in [4.69, 9.17) is 14.9 Å². The van der Waals surface area contributed by atoms with Gasteiger partial charge in [0.05, 0.1) is 17.9 Å². The number of carboxylic acid groups (broad SMARTS) is 1. The molecule has 1 N–H and O–H groups in total. The molecule has 0 aliphatic heterocycles. The number of aromatic nitrogens is 2. The lowest BCUT2D eigenvalue weighted by Crippen LogP contribution is -2.04. The molecule has 0 radical (unpaired) electrons. The van der Waals surface area contributed by atoms with Gasteiger partial charge in [0, 0.05) is 12.0 Å². The van der Waals surface area contributed by atoms with E-state index >= 15 is 0 Å². The van der Waals surface area contributed by atoms with Crippen LogP contribution in [0.3, 0.4) is 0 Å². The largest absolute Gasteiger partial charge is 0.489 e. The number of hydrogen-bond acceptors (Lipinski definition) is 3. The van der Waals surface area contributed by atoms with Crippen LogP contribution in [-0.4, -0.2) is 20.9 Å². The van der Waals surface area contributed by atoms with Crippen LogP contribution in [0.1, 0.15) is 23.1 Å². The summed E-state index contributed by atoms with van der Waals surface area (Å²) in [7, 11) is 0. The summed E-state index contributed by atoms with van der Waals surface area (Å²) in [5.41, 5.74) is 7.50. The van der Waals surface area contributed by atoms with Gasteiger partial charge in [-0.05, 0) is 46.9 Å². The molecule has 0 fully saturated rings. The van der Waals surface area contributed by atoms with Crippen molar-refractivity contribution in [3.63, 3.8) is 0 Å². The second kappa shape index (κ2) is 11.4. The third kappa shape index (κ3) is 6.33. The molecule has 0 amide bonds. The lowest BCUT2D eigenvalue weighted by molar-refractivity contribution is -0.136. The number of nitrogens with zero attached hydrogens (tertiary/aromatic N) is 2. The van der Waals surface area contributed by atoms with Crippen molar-refractivity contribution in [1.82, 2.24) is 9.78 Å². The quantitative estimate of drug-likeness (QED) is 0.233. The van der Waals surface area contributed by atoms with Crippen molar-refractivity contribution in [3.8, 4) is 28.3 Å². The summed E-state index contributed by atoms with van der Waals surface area (Å²) in [4.78, 5) is 10.7. The first-order valence-corrected chi connectivity index (χ1v) is 12.3. The van der Waals surface area contributed by atoms with Crippen LogP contribution in [0.15, 0.2) is 115 Å². The van der Waals surface area contributed by atoms with Crippen LogP contribution in [0.2, 0.25) is 0 Å². The summed E-state index contributed by atoms with van der Waals surface area (Å²) < 4.78 is 7.99. The van der Waals surface area contributed by atoms with E-state index in [1.807, 2.05) is 60.7 Å². The van der Waals surface area contributed by atoms with Crippen LogP contribution in [0, 0.1) is 0 Å². The molecule has 0 saturated carbocycles. The van der Waals surface area contributed by atoms with Crippen molar-refractivity contribution < 1.29 is 14.6 Å². The maximum atomic E-state index is 10.7. The molecule has 0 aliphatic carbocycles. The third-order valence-corrected chi connectivity index (χ3v) is 6.23. The number of aryl methyl sites for hydroxylation is 1. The molecule has 0 saturated heterocycles. The molecule has 0 bridgehead atoms. The predicted molar refractivity (Wildman–Crippen MR) is 145 cm³/mol. The minimum Gasteiger partial charge on any atom is -0.489 e. The summed E-state index contributed by atoms with van der Waals surface area (Å²) in [6.07, 6.45) is 0.650. The molecular weight excluding hydrogens is 460 g/mol. The first-order valence-electron chi connectivity index (χ1n) is 12.3. The first-order chi connectivity index (χ1) is 18.1. The maximum absolute atomic E-state index is 10.7. The van der Waals surface area contributed by atoms with Crippen LogP contribution in [0.25, 0.3) is 22.5 Å². The Kier molecular flexibility index (Phi) is 7.42. The van der Waals surface area contributed by atoms with Gasteiger partial charge in [-0.1, -0.05) is 97.1 Å². The first kappa shape index (κ1) is 24.1. The molecule has 5 rings (SSSR count). The Morgan fingerprint density at radius 2 is 1.32 bits per heavy atom. The molecule has 0 spiro atoms. The Morgan fingerprint density at radius 3 is 1.97 bits per heavy atom. The van der Waals surface area contributed by atoms with E-state index in [1.54, 1.807) is 0 Å². The van der Waals surface area contributed by atoms with Gasteiger partial charge >= 0.3 is 5.97 Å². The Morgan fingerprint density at radius 1 is 0.730 bits per heavy atom. The van der Waals surface area contributed by atoms with Gasteiger partial charge in [0.15, 0.2) is 0 Å². The number of benzene rings is 4. The number of carboxylic acids is 1. The zero-order valence-corrected chi connectivity index (χ0v) is 20.5. The van der Waals surface area contributed by atoms with E-state index in [0.717, 1.165) is 45.0 Å². The maximum Gasteiger partial charge on any atom is 0.303 e. The van der Waals surface area contributed by atoms with Crippen LogP contribution in [0.5, 0.6) is 5.75 Å². The molecule has 5 nitrogen and oxygen atoms in total. The number of rotatable bonds is 10. The number of ether oxygens (including phenoxy) is 1. The second-order valence-electron chi connectivity index (χ2n) is 8.95. The summed E-state index contributed by atoms with van der Waals surface area (Å²) in [6.45, 7) is 1.12. The lowest BCUT2D eigenvalue weighted by atomic mass is 10.1. The van der Waals surface area contributed by atoms with Crippen LogP contribution in [-0.2, 0) is 24.4 Å². The third-order valence-electron chi connectivity index (χ3n) is 6.23. The van der Waals surface area contributed by atoms with Gasteiger partial charge < -0.3 is 9.84 Å². The van der Waals surface area contributed by atoms with Crippen molar-refractivity contribution in [2.24, 2.45) is 0 Å². The minimum atomic E-state index is -0.788. The highest BCUT2D eigenvalue weighted by Crippen LogP contribution is 2.27. The van der Waals surface area contributed by atoms with Gasteiger partial charge in [0.1, 0.15) is 12.4 Å². The number of aliphatic carboxylic acids is 1. The zero-order valence-electron chi connectivity index (χ0n) is 20.5. The van der Waals surface area contributed by atoms with E-state index in [-0.39, 0.29) is 6.42 Å². The normalized spacial score (nSPS) is 10.8. The molecule has 0 aliphatic rings. The van der Waals surface area contributed by atoms with Crippen LogP contribution >= 0.6 is 0 Å². The Bertz CT molecular complexity index is 1440. The van der Waals surface area contributed by atoms with E-state index in [9.17, 15) is 4.79 Å². The minimum absolute atomic E-state index is 0.130. The molecule has 184 valence electrons. The monoisotopic (exact) mass is 488 g/mol. The molecule has 0 unspecified atom stereocenters. The van der Waals surface area contributed by atoms with E-state index < -0.39 is 5.97 Å². The second-order valence-corrected chi connectivity index (χ2v) is 8.95. The SMILES string of the molecule is O=C(O)CCc1ccc(OCc2ccc(Cn3nc(-c4ccccc4)cc3-c3ccccc3)cc2)cc1. The molecule has 5 heteroatoms. The van der Waals surface area contributed by atoms with Crippen molar-refractivity contribution in [3.05, 3.63) is 132 Å². The molecule has 0 atom stereocenters. The molecule has 37 heavy (non-hydrogen) atoms. The topological polar surface area (TPSA) is 64.3 Å². The highest BCUT2D eigenvalue weighted by Gasteiger charge is 2.12. The van der Waals surface area contributed by atoms with E-state index in [2.05, 4.69) is 59.3 Å². The summed E-state index contributed by atoms with van der Waals surface area (Å²) in [5.74, 6) is -0.0232. The fourth-order valence-electron chi connectivity index (χ4n) is 4.21. The standard InChI is InChI=1S/C32H28N2O3/c35-32(36)20-17-24-15-18-29(19-16-24)37-23-26-13-11-25(12-14-26)22-34-31(28-9-5-2-6-10-28)21-30(33-34)27-7-3-1-4-8-27/h1-16,18-19,21H,17,20,22-23H2,(H,35,36). The molecule has 1 heterocycles. The van der Waals surface area contributed by atoms with Gasteiger partial charge in [-0.2, -0.15) is 5.10 Å². The highest BCUT2D eigenvalue weighted by molar-refractivity contribution is 5.69. The van der Waals surface area contributed by atoms with Crippen LogP contribution in [0.4, 0.5) is 0 Å². The molecule has 4 aromatic carbocycles. The summed E-state index contributed by atoms with van der Waals surface area (Å²) >= 11 is 0. The number of hydrogen-bond donors (Lipinski definition) is 1. The Hall–Kier alpha value is -4.64. The molecular formula is C32H28N2O3. The van der Waals surface area contributed by atoms with Gasteiger partial charge in [0.2, 0.25) is 0 Å². The van der Waals surface area contributed by atoms with Gasteiger partial charge in [0.25, 0.3) is 0 Å². The van der Waals surface area contributed by atoms with Crippen molar-refractivity contribution in [2.75, 3.05) is 0 Å². The zero-order chi connectivity index (χ0) is 25.5. The number of carbonyl (C=O) groups is 1. The smallest absolute Gasteiger partial charge is 0.303 e. The average Bonchev–Trinajstić information content (AvgIpc) is 3.37. The molecule has 1 aromatic heterocycles. The van der Waals surface area contributed by atoms with Gasteiger partial charge in [-0.3, -0.25) is 9.48 Å². The predicted octanol–water partition coefficient (Wildman–Crippen LogP) is 6.86.